The Kier molecular flexibility index (Phi) is 4.11. The molecule has 0 unspecified atom stereocenters. The molecule has 0 atom stereocenters. The number of ether oxygens (including phenoxy) is 1. The number of anilines is 1. The van der Waals surface area contributed by atoms with Crippen LogP contribution in [0.25, 0.3) is 0 Å². The van der Waals surface area contributed by atoms with Crippen LogP contribution in [0.4, 0.5) is 5.69 Å². The Labute approximate surface area is 112 Å². The maximum atomic E-state index is 9.20. The van der Waals surface area contributed by atoms with E-state index in [1.165, 1.54) is 0 Å². The van der Waals surface area contributed by atoms with Crippen molar-refractivity contribution in [3.63, 3.8) is 0 Å². The van der Waals surface area contributed by atoms with Gasteiger partial charge < -0.3 is 25.7 Å². The van der Waals surface area contributed by atoms with Gasteiger partial charge in [0.1, 0.15) is 5.75 Å². The Balaban J connectivity index is 2.43. The van der Waals surface area contributed by atoms with Crippen LogP contribution >= 0.6 is 0 Å². The molecule has 0 radical (unpaired) electrons. The van der Waals surface area contributed by atoms with Gasteiger partial charge in [-0.15, -0.1) is 0 Å². The van der Waals surface area contributed by atoms with Crippen LogP contribution < -0.4 is 15.4 Å². The van der Waals surface area contributed by atoms with Crippen LogP contribution in [0.1, 0.15) is 18.4 Å². The summed E-state index contributed by atoms with van der Waals surface area (Å²) in [4.78, 5) is 2.08. The van der Waals surface area contributed by atoms with Gasteiger partial charge >= 0.3 is 0 Å². The highest BCUT2D eigenvalue weighted by atomic mass is 16.5. The topological polar surface area (TPSA) is 91.3 Å². The fraction of sp³-hybridized carbons (Fsp3) is 0.462. The average molecular weight is 265 g/mol. The molecule has 1 aliphatic rings. The van der Waals surface area contributed by atoms with E-state index in [0.29, 0.717) is 23.9 Å². The highest BCUT2D eigenvalue weighted by molar-refractivity contribution is 6.02. The number of rotatable bonds is 6. The van der Waals surface area contributed by atoms with E-state index < -0.39 is 0 Å². The van der Waals surface area contributed by atoms with Gasteiger partial charge in [0.2, 0.25) is 0 Å². The molecule has 0 aromatic heterocycles. The zero-order chi connectivity index (χ0) is 13.8. The first kappa shape index (κ1) is 13.5. The molecule has 1 fully saturated rings. The molecule has 1 saturated carbocycles. The minimum Gasteiger partial charge on any atom is -0.497 e. The third-order valence-corrected chi connectivity index (χ3v) is 3.23. The monoisotopic (exact) mass is 265 g/mol. The number of nitrogens with two attached hydrogens (primary N) is 1. The maximum Gasteiger partial charge on any atom is 0.172 e. The maximum absolute atomic E-state index is 9.20. The lowest BCUT2D eigenvalue weighted by Crippen LogP contribution is -2.31. The normalized spacial score (nSPS) is 15.4. The lowest BCUT2D eigenvalue weighted by Gasteiger charge is -2.26. The van der Waals surface area contributed by atoms with Gasteiger partial charge in [-0.1, -0.05) is 5.16 Å². The van der Waals surface area contributed by atoms with Crippen molar-refractivity contribution in [2.75, 3.05) is 25.2 Å². The van der Waals surface area contributed by atoms with E-state index in [2.05, 4.69) is 10.1 Å². The Morgan fingerprint density at radius 1 is 1.53 bits per heavy atom. The number of methoxy groups -OCH3 is 1. The number of aliphatic hydroxyl groups is 1. The molecule has 2 rings (SSSR count). The molecule has 4 N–H and O–H groups in total. The second kappa shape index (κ2) is 5.79. The molecule has 0 amide bonds. The van der Waals surface area contributed by atoms with Crippen LogP contribution in [-0.2, 0) is 0 Å². The summed E-state index contributed by atoms with van der Waals surface area (Å²) in [5.41, 5.74) is 7.18. The highest BCUT2D eigenvalue weighted by Crippen LogP contribution is 2.35. The van der Waals surface area contributed by atoms with E-state index in [1.807, 2.05) is 6.07 Å². The van der Waals surface area contributed by atoms with Crippen LogP contribution in [0, 0.1) is 0 Å². The summed E-state index contributed by atoms with van der Waals surface area (Å²) < 4.78 is 5.22. The van der Waals surface area contributed by atoms with Gasteiger partial charge in [0.05, 0.1) is 19.4 Å². The minimum atomic E-state index is 0.0567. The van der Waals surface area contributed by atoms with Gasteiger partial charge in [0, 0.05) is 24.2 Å². The van der Waals surface area contributed by atoms with Crippen molar-refractivity contribution in [3.05, 3.63) is 23.8 Å². The SMILES string of the molecule is COc1ccc(/C(N)=N/O)c(N(CCO)C2CC2)c1. The van der Waals surface area contributed by atoms with Gasteiger partial charge in [-0.05, 0) is 25.0 Å². The molecule has 0 spiro atoms. The van der Waals surface area contributed by atoms with Gasteiger partial charge in [-0.25, -0.2) is 0 Å². The molecule has 0 aliphatic heterocycles. The average Bonchev–Trinajstić information content (AvgIpc) is 3.27. The number of amidine groups is 1. The molecule has 19 heavy (non-hydrogen) atoms. The summed E-state index contributed by atoms with van der Waals surface area (Å²) in [6.07, 6.45) is 2.18. The van der Waals surface area contributed by atoms with Crippen molar-refractivity contribution in [1.29, 1.82) is 0 Å². The standard InChI is InChI=1S/C13H19N3O3/c1-19-10-4-5-11(13(14)15-18)12(8-10)16(6-7-17)9-2-3-9/h4-5,8-9,17-18H,2-3,6-7H2,1H3,(H2,14,15). The molecule has 104 valence electrons. The van der Waals surface area contributed by atoms with E-state index >= 15 is 0 Å². The van der Waals surface area contributed by atoms with Gasteiger partial charge in [0.15, 0.2) is 5.84 Å². The van der Waals surface area contributed by atoms with Gasteiger partial charge in [-0.2, -0.15) is 0 Å². The highest BCUT2D eigenvalue weighted by Gasteiger charge is 2.30. The van der Waals surface area contributed by atoms with E-state index in [4.69, 9.17) is 15.7 Å². The quantitative estimate of drug-likeness (QED) is 0.305. The molecular formula is C13H19N3O3. The second-order valence-corrected chi connectivity index (χ2v) is 4.52. The van der Waals surface area contributed by atoms with Crippen molar-refractivity contribution in [2.24, 2.45) is 10.9 Å². The van der Waals surface area contributed by atoms with Crippen LogP contribution in [-0.4, -0.2) is 42.5 Å². The van der Waals surface area contributed by atoms with Gasteiger partial charge in [0.25, 0.3) is 0 Å². The third kappa shape index (κ3) is 2.90. The Morgan fingerprint density at radius 3 is 2.79 bits per heavy atom. The number of oxime groups is 1. The Morgan fingerprint density at radius 2 is 2.26 bits per heavy atom. The first-order chi connectivity index (χ1) is 9.21. The lowest BCUT2D eigenvalue weighted by molar-refractivity contribution is 0.301. The summed E-state index contributed by atoms with van der Waals surface area (Å²) in [5, 5.41) is 21.1. The number of hydrogen-bond acceptors (Lipinski definition) is 5. The number of aliphatic hydroxyl groups excluding tert-OH is 1. The van der Waals surface area contributed by atoms with E-state index in [-0.39, 0.29) is 12.4 Å². The second-order valence-electron chi connectivity index (χ2n) is 4.52. The molecule has 6 nitrogen and oxygen atoms in total. The summed E-state index contributed by atoms with van der Waals surface area (Å²) in [7, 11) is 1.59. The van der Waals surface area contributed by atoms with Crippen LogP contribution in [0.3, 0.4) is 0 Å². The number of benzene rings is 1. The summed E-state index contributed by atoms with van der Waals surface area (Å²) in [6, 6.07) is 5.78. The molecule has 0 bridgehead atoms. The summed E-state index contributed by atoms with van der Waals surface area (Å²) in [5.74, 6) is 0.759. The molecule has 0 heterocycles. The van der Waals surface area contributed by atoms with Gasteiger partial charge in [-0.3, -0.25) is 0 Å². The smallest absolute Gasteiger partial charge is 0.172 e. The summed E-state index contributed by atoms with van der Waals surface area (Å²) >= 11 is 0. The zero-order valence-electron chi connectivity index (χ0n) is 10.9. The lowest BCUT2D eigenvalue weighted by atomic mass is 10.1. The molecule has 1 aromatic carbocycles. The molecule has 1 aromatic rings. The predicted molar refractivity (Wildman–Crippen MR) is 73.0 cm³/mol. The van der Waals surface area contributed by atoms with E-state index in [0.717, 1.165) is 18.5 Å². The van der Waals surface area contributed by atoms with Crippen molar-refractivity contribution in [3.8, 4) is 5.75 Å². The van der Waals surface area contributed by atoms with Crippen molar-refractivity contribution in [1.82, 2.24) is 0 Å². The molecule has 1 aliphatic carbocycles. The van der Waals surface area contributed by atoms with Crippen LogP contribution in [0.5, 0.6) is 5.75 Å². The molecule has 0 saturated heterocycles. The third-order valence-electron chi connectivity index (χ3n) is 3.23. The number of hydrogen-bond donors (Lipinski definition) is 3. The molecule has 6 heteroatoms. The Hall–Kier alpha value is -1.95. The van der Waals surface area contributed by atoms with Crippen LogP contribution in [0.2, 0.25) is 0 Å². The Bertz CT molecular complexity index is 472. The van der Waals surface area contributed by atoms with Crippen LogP contribution in [0.15, 0.2) is 23.4 Å². The fourth-order valence-corrected chi connectivity index (χ4v) is 2.14. The minimum absolute atomic E-state index is 0.0567. The van der Waals surface area contributed by atoms with E-state index in [9.17, 15) is 5.11 Å². The predicted octanol–water partition coefficient (Wildman–Crippen LogP) is 0.751. The van der Waals surface area contributed by atoms with E-state index in [1.54, 1.807) is 19.2 Å². The zero-order valence-corrected chi connectivity index (χ0v) is 10.9. The van der Waals surface area contributed by atoms with Crippen molar-refractivity contribution >= 4 is 11.5 Å². The first-order valence-electron chi connectivity index (χ1n) is 6.24. The van der Waals surface area contributed by atoms with Crippen molar-refractivity contribution < 1.29 is 15.1 Å². The molecular weight excluding hydrogens is 246 g/mol. The van der Waals surface area contributed by atoms with Crippen molar-refractivity contribution in [2.45, 2.75) is 18.9 Å². The largest absolute Gasteiger partial charge is 0.497 e. The summed E-state index contributed by atoms with van der Waals surface area (Å²) in [6.45, 7) is 0.576. The fourth-order valence-electron chi connectivity index (χ4n) is 2.14. The first-order valence-corrected chi connectivity index (χ1v) is 6.24. The number of nitrogens with zero attached hydrogens (tertiary/aromatic N) is 2.